The maximum Gasteiger partial charge on any atom is 0.319 e. The largest absolute Gasteiger partial charge is 0.342 e. The molecule has 2 N–H and O–H groups in total. The van der Waals surface area contributed by atoms with E-state index in [2.05, 4.69) is 10.6 Å². The van der Waals surface area contributed by atoms with Gasteiger partial charge < -0.3 is 15.5 Å². The Morgan fingerprint density at radius 1 is 1.20 bits per heavy atom. The van der Waals surface area contributed by atoms with Crippen LogP contribution in [-0.2, 0) is 4.79 Å². The van der Waals surface area contributed by atoms with Crippen LogP contribution >= 0.6 is 0 Å². The first-order valence-electron chi connectivity index (χ1n) is 8.75. The molecule has 7 heteroatoms. The molecule has 1 heterocycles. The number of amides is 3. The lowest BCUT2D eigenvalue weighted by Gasteiger charge is -2.34. The van der Waals surface area contributed by atoms with Crippen molar-refractivity contribution in [2.45, 2.75) is 45.6 Å². The number of benzene rings is 1. The molecule has 1 aliphatic rings. The Kier molecular flexibility index (Phi) is 6.73. The lowest BCUT2D eigenvalue weighted by Crippen LogP contribution is -2.48. The van der Waals surface area contributed by atoms with Crippen molar-refractivity contribution in [1.29, 1.82) is 0 Å². The fourth-order valence-electron chi connectivity index (χ4n) is 3.07. The third-order valence-corrected chi connectivity index (χ3v) is 4.66. The number of likely N-dealkylation sites (tertiary alicyclic amines) is 1. The zero-order chi connectivity index (χ0) is 18.4. The molecular weight excluding hydrogens is 328 g/mol. The molecule has 0 aromatic heterocycles. The summed E-state index contributed by atoms with van der Waals surface area (Å²) in [6.45, 7) is 5.23. The van der Waals surface area contributed by atoms with E-state index in [0.29, 0.717) is 25.9 Å². The quantitative estimate of drug-likeness (QED) is 0.851. The second-order valence-corrected chi connectivity index (χ2v) is 6.34. The third kappa shape index (κ3) is 5.14. The lowest BCUT2D eigenvalue weighted by atomic mass is 9.98. The van der Waals surface area contributed by atoms with E-state index >= 15 is 0 Å². The summed E-state index contributed by atoms with van der Waals surface area (Å²) in [4.78, 5) is 26.2. The Labute approximate surface area is 146 Å². The van der Waals surface area contributed by atoms with Crippen LogP contribution in [0.15, 0.2) is 18.2 Å². The topological polar surface area (TPSA) is 61.4 Å². The minimum atomic E-state index is -0.819. The molecule has 0 atom stereocenters. The van der Waals surface area contributed by atoms with Crippen LogP contribution in [0.25, 0.3) is 0 Å². The molecule has 3 amide bonds. The highest BCUT2D eigenvalue weighted by Crippen LogP contribution is 2.18. The molecule has 0 bridgehead atoms. The zero-order valence-electron chi connectivity index (χ0n) is 14.6. The predicted octanol–water partition coefficient (Wildman–Crippen LogP) is 3.51. The van der Waals surface area contributed by atoms with E-state index in [4.69, 9.17) is 0 Å². The molecule has 1 aliphatic heterocycles. The maximum atomic E-state index is 13.5. The average molecular weight is 353 g/mol. The molecule has 25 heavy (non-hydrogen) atoms. The van der Waals surface area contributed by atoms with Crippen LogP contribution in [0.4, 0.5) is 19.3 Å². The van der Waals surface area contributed by atoms with Crippen molar-refractivity contribution in [2.24, 2.45) is 5.92 Å². The molecule has 1 saturated heterocycles. The highest BCUT2D eigenvalue weighted by atomic mass is 19.1. The SMILES string of the molecule is CCC(CC)C(=O)N1CCC(NC(=O)Nc2ccc(F)cc2F)CC1. The van der Waals surface area contributed by atoms with Crippen LogP contribution in [0.1, 0.15) is 39.5 Å². The van der Waals surface area contributed by atoms with E-state index in [1.54, 1.807) is 0 Å². The molecule has 5 nitrogen and oxygen atoms in total. The van der Waals surface area contributed by atoms with Crippen molar-refractivity contribution in [3.63, 3.8) is 0 Å². The van der Waals surface area contributed by atoms with Crippen molar-refractivity contribution >= 4 is 17.6 Å². The number of carbonyl (C=O) groups excluding carboxylic acids is 2. The second kappa shape index (κ2) is 8.78. The van der Waals surface area contributed by atoms with Crippen LogP contribution < -0.4 is 10.6 Å². The number of hydrogen-bond donors (Lipinski definition) is 2. The van der Waals surface area contributed by atoms with Crippen molar-refractivity contribution in [1.82, 2.24) is 10.2 Å². The molecule has 1 fully saturated rings. The van der Waals surface area contributed by atoms with Gasteiger partial charge >= 0.3 is 6.03 Å². The maximum absolute atomic E-state index is 13.5. The fourth-order valence-corrected chi connectivity index (χ4v) is 3.07. The van der Waals surface area contributed by atoms with Gasteiger partial charge in [-0.2, -0.15) is 0 Å². The number of anilines is 1. The summed E-state index contributed by atoms with van der Waals surface area (Å²) in [5.74, 6) is -1.27. The number of carbonyl (C=O) groups is 2. The lowest BCUT2D eigenvalue weighted by molar-refractivity contribution is -0.136. The number of nitrogens with zero attached hydrogens (tertiary/aromatic N) is 1. The monoisotopic (exact) mass is 353 g/mol. The Balaban J connectivity index is 1.81. The zero-order valence-corrected chi connectivity index (χ0v) is 14.6. The van der Waals surface area contributed by atoms with E-state index < -0.39 is 17.7 Å². The van der Waals surface area contributed by atoms with Crippen LogP contribution in [0.3, 0.4) is 0 Å². The standard InChI is InChI=1S/C18H25F2N3O2/c1-3-12(4-2)17(24)23-9-7-14(8-10-23)21-18(25)22-16-6-5-13(19)11-15(16)20/h5-6,11-12,14H,3-4,7-10H2,1-2H3,(H2,21,22,25). The van der Waals surface area contributed by atoms with E-state index in [-0.39, 0.29) is 23.6 Å². The van der Waals surface area contributed by atoms with Crippen LogP contribution in [0, 0.1) is 17.6 Å². The van der Waals surface area contributed by atoms with Gasteiger partial charge in [-0.15, -0.1) is 0 Å². The molecular formula is C18H25F2N3O2. The van der Waals surface area contributed by atoms with E-state index in [0.717, 1.165) is 25.0 Å². The molecule has 1 aromatic carbocycles. The minimum Gasteiger partial charge on any atom is -0.342 e. The Morgan fingerprint density at radius 3 is 2.40 bits per heavy atom. The van der Waals surface area contributed by atoms with Gasteiger partial charge in [0.25, 0.3) is 0 Å². The molecule has 0 aliphatic carbocycles. The number of piperidine rings is 1. The first kappa shape index (κ1) is 19.1. The van der Waals surface area contributed by atoms with Gasteiger partial charge in [-0.3, -0.25) is 4.79 Å². The Hall–Kier alpha value is -2.18. The predicted molar refractivity (Wildman–Crippen MR) is 92.2 cm³/mol. The van der Waals surface area contributed by atoms with E-state index in [1.807, 2.05) is 18.7 Å². The number of hydrogen-bond acceptors (Lipinski definition) is 2. The van der Waals surface area contributed by atoms with Gasteiger partial charge in [-0.1, -0.05) is 13.8 Å². The Bertz CT molecular complexity index is 612. The van der Waals surface area contributed by atoms with Crippen LogP contribution in [0.5, 0.6) is 0 Å². The van der Waals surface area contributed by atoms with Gasteiger partial charge in [0.1, 0.15) is 11.6 Å². The third-order valence-electron chi connectivity index (χ3n) is 4.66. The van der Waals surface area contributed by atoms with Crippen molar-refractivity contribution in [3.8, 4) is 0 Å². The van der Waals surface area contributed by atoms with Gasteiger partial charge in [0.05, 0.1) is 5.69 Å². The molecule has 0 radical (unpaired) electrons. The Morgan fingerprint density at radius 2 is 1.84 bits per heavy atom. The van der Waals surface area contributed by atoms with Crippen LogP contribution in [-0.4, -0.2) is 36.0 Å². The summed E-state index contributed by atoms with van der Waals surface area (Å²) in [5.41, 5.74) is -0.0692. The number of nitrogens with one attached hydrogen (secondary N) is 2. The van der Waals surface area contributed by atoms with Crippen molar-refractivity contribution in [2.75, 3.05) is 18.4 Å². The van der Waals surface area contributed by atoms with Crippen LogP contribution in [0.2, 0.25) is 0 Å². The minimum absolute atomic E-state index is 0.0641. The van der Waals surface area contributed by atoms with E-state index in [9.17, 15) is 18.4 Å². The molecule has 0 spiro atoms. The summed E-state index contributed by atoms with van der Waals surface area (Å²) in [7, 11) is 0. The number of rotatable bonds is 5. The van der Waals surface area contributed by atoms with Gasteiger partial charge in [-0.25, -0.2) is 13.6 Å². The first-order chi connectivity index (χ1) is 11.9. The highest BCUT2D eigenvalue weighted by Gasteiger charge is 2.27. The van der Waals surface area contributed by atoms with Gasteiger partial charge in [0.2, 0.25) is 5.91 Å². The summed E-state index contributed by atoms with van der Waals surface area (Å²) in [6, 6.07) is 2.38. The summed E-state index contributed by atoms with van der Waals surface area (Å²) in [6.07, 6.45) is 2.98. The fraction of sp³-hybridized carbons (Fsp3) is 0.556. The first-order valence-corrected chi connectivity index (χ1v) is 8.75. The summed E-state index contributed by atoms with van der Waals surface area (Å²) < 4.78 is 26.4. The smallest absolute Gasteiger partial charge is 0.319 e. The average Bonchev–Trinajstić information content (AvgIpc) is 2.59. The summed E-state index contributed by atoms with van der Waals surface area (Å²) in [5, 5.41) is 5.16. The number of halogens is 2. The van der Waals surface area contributed by atoms with E-state index in [1.165, 1.54) is 6.07 Å². The molecule has 0 unspecified atom stereocenters. The van der Waals surface area contributed by atoms with Gasteiger partial charge in [-0.05, 0) is 37.8 Å². The highest BCUT2D eigenvalue weighted by molar-refractivity contribution is 5.89. The van der Waals surface area contributed by atoms with Crippen molar-refractivity contribution in [3.05, 3.63) is 29.8 Å². The molecule has 138 valence electrons. The number of urea groups is 1. The van der Waals surface area contributed by atoms with Gasteiger partial charge in [0.15, 0.2) is 0 Å². The molecule has 0 saturated carbocycles. The molecule has 2 rings (SSSR count). The van der Waals surface area contributed by atoms with Gasteiger partial charge in [0, 0.05) is 31.1 Å². The summed E-state index contributed by atoms with van der Waals surface area (Å²) >= 11 is 0. The normalized spacial score (nSPS) is 15.3. The second-order valence-electron chi connectivity index (χ2n) is 6.34. The van der Waals surface area contributed by atoms with Crippen molar-refractivity contribution < 1.29 is 18.4 Å². The molecule has 1 aromatic rings.